The van der Waals surface area contributed by atoms with Gasteiger partial charge in [0, 0.05) is 24.0 Å². The van der Waals surface area contributed by atoms with E-state index >= 15 is 0 Å². The normalized spacial score (nSPS) is 12.6. The van der Waals surface area contributed by atoms with Crippen LogP contribution in [0, 0.1) is 0 Å². The van der Waals surface area contributed by atoms with Crippen LogP contribution in [0.15, 0.2) is 41.8 Å². The number of nitrogens with zero attached hydrogens (tertiary/aromatic N) is 1. The smallest absolute Gasteiger partial charge is 0.119 e. The second kappa shape index (κ2) is 8.17. The van der Waals surface area contributed by atoms with Gasteiger partial charge in [-0.1, -0.05) is 18.2 Å². The topological polar surface area (TPSA) is 24.5 Å². The van der Waals surface area contributed by atoms with Crippen molar-refractivity contribution in [2.45, 2.75) is 12.5 Å². The van der Waals surface area contributed by atoms with Gasteiger partial charge in [0.2, 0.25) is 0 Å². The molecule has 3 nitrogen and oxygen atoms in total. The van der Waals surface area contributed by atoms with E-state index in [1.807, 2.05) is 17.4 Å². The van der Waals surface area contributed by atoms with Crippen LogP contribution < -0.4 is 10.1 Å². The summed E-state index contributed by atoms with van der Waals surface area (Å²) in [4.78, 5) is 3.68. The molecule has 0 radical (unpaired) electrons. The average molecular weight is 304 g/mol. The highest BCUT2D eigenvalue weighted by molar-refractivity contribution is 7.09. The first-order valence-corrected chi connectivity index (χ1v) is 8.12. The Labute approximate surface area is 131 Å². The van der Waals surface area contributed by atoms with Crippen molar-refractivity contribution >= 4 is 11.3 Å². The van der Waals surface area contributed by atoms with Gasteiger partial charge in [-0.05, 0) is 49.7 Å². The Bertz CT molecular complexity index is 525. The minimum atomic E-state index is 0.350. The lowest BCUT2D eigenvalue weighted by Crippen LogP contribution is -2.32. The summed E-state index contributed by atoms with van der Waals surface area (Å²) in [7, 11) is 5.94. The molecule has 1 atom stereocenters. The molecule has 2 rings (SSSR count). The Morgan fingerprint density at radius 2 is 2.10 bits per heavy atom. The predicted molar refractivity (Wildman–Crippen MR) is 90.3 cm³/mol. The largest absolute Gasteiger partial charge is 0.497 e. The molecule has 1 unspecified atom stereocenters. The molecule has 0 spiro atoms. The fourth-order valence-corrected chi connectivity index (χ4v) is 3.06. The molecule has 0 saturated carbocycles. The number of thiophene rings is 1. The minimum Gasteiger partial charge on any atom is -0.497 e. The number of benzene rings is 1. The summed E-state index contributed by atoms with van der Waals surface area (Å²) < 4.78 is 5.32. The van der Waals surface area contributed by atoms with Crippen molar-refractivity contribution in [1.29, 1.82) is 0 Å². The summed E-state index contributed by atoms with van der Waals surface area (Å²) >= 11 is 1.82. The Kier molecular flexibility index (Phi) is 6.23. The second-order valence-corrected chi connectivity index (χ2v) is 6.32. The van der Waals surface area contributed by atoms with Gasteiger partial charge < -0.3 is 15.0 Å². The van der Waals surface area contributed by atoms with Crippen molar-refractivity contribution in [2.75, 3.05) is 34.3 Å². The van der Waals surface area contributed by atoms with Crippen molar-refractivity contribution in [3.63, 3.8) is 0 Å². The van der Waals surface area contributed by atoms with Crippen LogP contribution in [0.4, 0.5) is 0 Å². The summed E-state index contributed by atoms with van der Waals surface area (Å²) in [6.07, 6.45) is 1.09. The number of nitrogens with one attached hydrogen (secondary N) is 1. The number of hydrogen-bond acceptors (Lipinski definition) is 4. The Balaban J connectivity index is 1.89. The van der Waals surface area contributed by atoms with Gasteiger partial charge >= 0.3 is 0 Å². The van der Waals surface area contributed by atoms with Crippen LogP contribution in [-0.4, -0.2) is 39.2 Å². The fraction of sp³-hybridized carbons (Fsp3) is 0.412. The van der Waals surface area contributed by atoms with E-state index in [1.54, 1.807) is 7.11 Å². The van der Waals surface area contributed by atoms with Crippen molar-refractivity contribution in [3.05, 3.63) is 52.2 Å². The van der Waals surface area contributed by atoms with E-state index in [1.165, 1.54) is 10.4 Å². The lowest BCUT2D eigenvalue weighted by molar-refractivity contribution is 0.288. The van der Waals surface area contributed by atoms with Gasteiger partial charge in [-0.3, -0.25) is 0 Å². The van der Waals surface area contributed by atoms with E-state index in [4.69, 9.17) is 4.74 Å². The molecule has 1 aromatic heterocycles. The third-order valence-electron chi connectivity index (χ3n) is 3.57. The molecule has 0 amide bonds. The molecular formula is C17H24N2OS. The zero-order valence-electron chi connectivity index (χ0n) is 13.0. The number of hydrogen-bond donors (Lipinski definition) is 1. The summed E-state index contributed by atoms with van der Waals surface area (Å²) in [5.41, 5.74) is 1.28. The molecular weight excluding hydrogens is 280 g/mol. The maximum absolute atomic E-state index is 5.32. The highest BCUT2D eigenvalue weighted by Gasteiger charge is 2.14. The van der Waals surface area contributed by atoms with Crippen LogP contribution in [0.5, 0.6) is 5.75 Å². The first-order chi connectivity index (χ1) is 10.2. The molecule has 0 bridgehead atoms. The molecule has 0 aliphatic heterocycles. The standard InChI is InChI=1S/C17H24N2OS/c1-19(2)17(14-6-4-7-15(12-14)20-3)13-18-10-9-16-8-5-11-21-16/h4-8,11-12,17-18H,9-10,13H2,1-3H3. The Morgan fingerprint density at radius 3 is 2.76 bits per heavy atom. The quantitative estimate of drug-likeness (QED) is 0.758. The third-order valence-corrected chi connectivity index (χ3v) is 4.50. The van der Waals surface area contributed by atoms with E-state index in [0.29, 0.717) is 6.04 Å². The van der Waals surface area contributed by atoms with Crippen LogP contribution in [0.3, 0.4) is 0 Å². The molecule has 4 heteroatoms. The fourth-order valence-electron chi connectivity index (χ4n) is 2.35. The lowest BCUT2D eigenvalue weighted by atomic mass is 10.1. The SMILES string of the molecule is COc1cccc(C(CNCCc2cccs2)N(C)C)c1. The number of likely N-dealkylation sites (N-methyl/N-ethyl adjacent to an activating group) is 1. The second-order valence-electron chi connectivity index (χ2n) is 5.29. The lowest BCUT2D eigenvalue weighted by Gasteiger charge is -2.25. The van der Waals surface area contributed by atoms with E-state index in [2.05, 4.69) is 60.0 Å². The highest BCUT2D eigenvalue weighted by Crippen LogP contribution is 2.22. The maximum atomic E-state index is 5.32. The summed E-state index contributed by atoms with van der Waals surface area (Å²) in [6, 6.07) is 13.0. The van der Waals surface area contributed by atoms with Crippen molar-refractivity contribution in [2.24, 2.45) is 0 Å². The van der Waals surface area contributed by atoms with Gasteiger partial charge in [0.05, 0.1) is 7.11 Å². The van der Waals surface area contributed by atoms with Crippen molar-refractivity contribution in [1.82, 2.24) is 10.2 Å². The van der Waals surface area contributed by atoms with Gasteiger partial charge in [-0.2, -0.15) is 0 Å². The molecule has 21 heavy (non-hydrogen) atoms. The molecule has 1 heterocycles. The summed E-state index contributed by atoms with van der Waals surface area (Å²) in [5, 5.41) is 5.70. The summed E-state index contributed by atoms with van der Waals surface area (Å²) in [6.45, 7) is 1.94. The zero-order valence-corrected chi connectivity index (χ0v) is 13.8. The molecule has 0 aliphatic carbocycles. The molecule has 2 aromatic rings. The molecule has 114 valence electrons. The first kappa shape index (κ1) is 16.0. The van der Waals surface area contributed by atoms with E-state index in [-0.39, 0.29) is 0 Å². The van der Waals surface area contributed by atoms with Crippen LogP contribution in [0.2, 0.25) is 0 Å². The summed E-state index contributed by atoms with van der Waals surface area (Å²) in [5.74, 6) is 0.915. The van der Waals surface area contributed by atoms with Crippen LogP contribution in [0.25, 0.3) is 0 Å². The van der Waals surface area contributed by atoms with E-state index < -0.39 is 0 Å². The monoisotopic (exact) mass is 304 g/mol. The van der Waals surface area contributed by atoms with Crippen molar-refractivity contribution < 1.29 is 4.74 Å². The van der Waals surface area contributed by atoms with Gasteiger partial charge in [-0.25, -0.2) is 0 Å². The van der Waals surface area contributed by atoms with Crippen LogP contribution >= 0.6 is 11.3 Å². The maximum Gasteiger partial charge on any atom is 0.119 e. The van der Waals surface area contributed by atoms with E-state index in [9.17, 15) is 0 Å². The Morgan fingerprint density at radius 1 is 1.24 bits per heavy atom. The van der Waals surface area contributed by atoms with Crippen molar-refractivity contribution in [3.8, 4) is 5.75 Å². The molecule has 0 fully saturated rings. The van der Waals surface area contributed by atoms with Gasteiger partial charge in [0.15, 0.2) is 0 Å². The number of methoxy groups -OCH3 is 1. The van der Waals surface area contributed by atoms with Gasteiger partial charge in [0.25, 0.3) is 0 Å². The molecule has 0 aliphatic rings. The highest BCUT2D eigenvalue weighted by atomic mass is 32.1. The zero-order chi connectivity index (χ0) is 15.1. The number of ether oxygens (including phenoxy) is 1. The molecule has 1 N–H and O–H groups in total. The van der Waals surface area contributed by atoms with Gasteiger partial charge in [-0.15, -0.1) is 11.3 Å². The average Bonchev–Trinajstić information content (AvgIpc) is 3.00. The van der Waals surface area contributed by atoms with Gasteiger partial charge in [0.1, 0.15) is 5.75 Å². The third kappa shape index (κ3) is 4.84. The van der Waals surface area contributed by atoms with E-state index in [0.717, 1.165) is 25.3 Å². The Hall–Kier alpha value is -1.36. The minimum absolute atomic E-state index is 0.350. The molecule has 1 aromatic carbocycles. The van der Waals surface area contributed by atoms with Crippen LogP contribution in [0.1, 0.15) is 16.5 Å². The van der Waals surface area contributed by atoms with Crippen LogP contribution in [-0.2, 0) is 6.42 Å². The first-order valence-electron chi connectivity index (χ1n) is 7.24. The number of rotatable bonds is 8. The molecule has 0 saturated heterocycles. The predicted octanol–water partition coefficient (Wildman–Crippen LogP) is 3.19.